The Hall–Kier alpha value is -1.62. The number of nitrogens with zero attached hydrogens (tertiary/aromatic N) is 1. The third-order valence-electron chi connectivity index (χ3n) is 4.15. The SMILES string of the molecule is Br.CCOC(=O)c1c(C)[nH]c(/C=C2/N=C(C)C(CC)=C2C)c1C. The van der Waals surface area contributed by atoms with Gasteiger partial charge >= 0.3 is 5.97 Å². The molecule has 0 saturated heterocycles. The number of hydrogen-bond donors (Lipinski definition) is 1. The molecule has 0 bridgehead atoms. The van der Waals surface area contributed by atoms with Crippen LogP contribution in [-0.4, -0.2) is 23.3 Å². The first-order chi connectivity index (χ1) is 10.4. The van der Waals surface area contributed by atoms with Gasteiger partial charge in [0.25, 0.3) is 0 Å². The van der Waals surface area contributed by atoms with E-state index in [1.807, 2.05) is 33.8 Å². The summed E-state index contributed by atoms with van der Waals surface area (Å²) in [5.74, 6) is -0.272. The average molecular weight is 381 g/mol. The summed E-state index contributed by atoms with van der Waals surface area (Å²) in [5.41, 5.74) is 7.86. The van der Waals surface area contributed by atoms with E-state index in [0.29, 0.717) is 12.2 Å². The molecule has 126 valence electrons. The Morgan fingerprint density at radius 3 is 2.39 bits per heavy atom. The zero-order chi connectivity index (χ0) is 16.4. The molecule has 0 unspecified atom stereocenters. The van der Waals surface area contributed by atoms with E-state index in [9.17, 15) is 4.79 Å². The standard InChI is InChI=1S/C18H24N2O2.BrH/c1-7-14-10(3)15(19-12(14)5)9-16-11(4)17(13(6)20-16)18(21)22-8-2;/h9,20H,7-8H2,1-6H3;1H/b15-9+;. The number of carbonyl (C=O) groups is 1. The monoisotopic (exact) mass is 380 g/mol. The van der Waals surface area contributed by atoms with Crippen LogP contribution >= 0.6 is 17.0 Å². The van der Waals surface area contributed by atoms with Crippen molar-refractivity contribution in [1.29, 1.82) is 0 Å². The van der Waals surface area contributed by atoms with Gasteiger partial charge in [-0.2, -0.15) is 0 Å². The molecule has 0 spiro atoms. The van der Waals surface area contributed by atoms with Crippen LogP contribution in [0.5, 0.6) is 0 Å². The van der Waals surface area contributed by atoms with Gasteiger partial charge in [-0.1, -0.05) is 6.92 Å². The van der Waals surface area contributed by atoms with Crippen LogP contribution in [0.25, 0.3) is 6.08 Å². The number of hydrogen-bond acceptors (Lipinski definition) is 3. The highest BCUT2D eigenvalue weighted by Crippen LogP contribution is 2.30. The van der Waals surface area contributed by atoms with Crippen molar-refractivity contribution in [3.8, 4) is 0 Å². The second-order valence-corrected chi connectivity index (χ2v) is 5.57. The first-order valence-corrected chi connectivity index (χ1v) is 7.74. The highest BCUT2D eigenvalue weighted by molar-refractivity contribution is 8.93. The minimum absolute atomic E-state index is 0. The third kappa shape index (κ3) is 3.66. The largest absolute Gasteiger partial charge is 0.462 e. The van der Waals surface area contributed by atoms with Crippen molar-refractivity contribution in [3.05, 3.63) is 39.4 Å². The van der Waals surface area contributed by atoms with Crippen molar-refractivity contribution < 1.29 is 9.53 Å². The second kappa shape index (κ2) is 7.77. The van der Waals surface area contributed by atoms with Crippen molar-refractivity contribution in [2.24, 2.45) is 4.99 Å². The first-order valence-electron chi connectivity index (χ1n) is 7.74. The molecule has 1 aliphatic rings. The summed E-state index contributed by atoms with van der Waals surface area (Å²) in [6.45, 7) is 12.3. The van der Waals surface area contributed by atoms with E-state index in [-0.39, 0.29) is 23.0 Å². The normalized spacial score (nSPS) is 15.7. The van der Waals surface area contributed by atoms with Gasteiger partial charge in [0, 0.05) is 17.1 Å². The van der Waals surface area contributed by atoms with Crippen LogP contribution in [0.3, 0.4) is 0 Å². The molecule has 0 atom stereocenters. The van der Waals surface area contributed by atoms with Crippen molar-refractivity contribution in [3.63, 3.8) is 0 Å². The maximum Gasteiger partial charge on any atom is 0.340 e. The molecule has 1 aliphatic heterocycles. The summed E-state index contributed by atoms with van der Waals surface area (Å²) in [6, 6.07) is 0. The maximum absolute atomic E-state index is 12.1. The first kappa shape index (κ1) is 19.4. The highest BCUT2D eigenvalue weighted by Gasteiger charge is 2.20. The molecule has 5 heteroatoms. The number of allylic oxidation sites excluding steroid dienone is 2. The number of halogens is 1. The lowest BCUT2D eigenvalue weighted by Gasteiger charge is -2.02. The quantitative estimate of drug-likeness (QED) is 0.752. The van der Waals surface area contributed by atoms with Crippen LogP contribution in [0.1, 0.15) is 61.4 Å². The Morgan fingerprint density at radius 2 is 1.87 bits per heavy atom. The third-order valence-corrected chi connectivity index (χ3v) is 4.15. The van der Waals surface area contributed by atoms with Gasteiger partial charge in [0.2, 0.25) is 0 Å². The summed E-state index contributed by atoms with van der Waals surface area (Å²) in [7, 11) is 0. The lowest BCUT2D eigenvalue weighted by Crippen LogP contribution is -2.06. The molecule has 2 heterocycles. The van der Waals surface area contributed by atoms with Crippen LogP contribution in [0.2, 0.25) is 0 Å². The summed E-state index contributed by atoms with van der Waals surface area (Å²) in [6.07, 6.45) is 3.00. The predicted molar refractivity (Wildman–Crippen MR) is 101 cm³/mol. The van der Waals surface area contributed by atoms with Crippen molar-refractivity contribution >= 4 is 34.7 Å². The molecule has 1 aromatic heterocycles. The summed E-state index contributed by atoms with van der Waals surface area (Å²) >= 11 is 0. The van der Waals surface area contributed by atoms with Gasteiger partial charge in [0.15, 0.2) is 0 Å². The van der Waals surface area contributed by atoms with Crippen molar-refractivity contribution in [2.75, 3.05) is 6.61 Å². The fraction of sp³-hybridized carbons (Fsp3) is 0.444. The summed E-state index contributed by atoms with van der Waals surface area (Å²) in [4.78, 5) is 20.0. The Bertz CT molecular complexity index is 709. The van der Waals surface area contributed by atoms with Crippen molar-refractivity contribution in [2.45, 2.75) is 48.0 Å². The number of aliphatic imine (C=N–C) groups is 1. The van der Waals surface area contributed by atoms with E-state index in [1.54, 1.807) is 0 Å². The number of carbonyl (C=O) groups excluding carboxylic acids is 1. The van der Waals surface area contributed by atoms with Gasteiger partial charge in [0.1, 0.15) is 0 Å². The average Bonchev–Trinajstić information content (AvgIpc) is 2.87. The number of aryl methyl sites for hydroxylation is 1. The minimum atomic E-state index is -0.272. The number of nitrogens with one attached hydrogen (secondary N) is 1. The van der Waals surface area contributed by atoms with E-state index in [1.165, 1.54) is 11.1 Å². The molecule has 0 aromatic carbocycles. The molecule has 1 aromatic rings. The van der Waals surface area contributed by atoms with Crippen LogP contribution in [0, 0.1) is 13.8 Å². The summed E-state index contributed by atoms with van der Waals surface area (Å²) in [5, 5.41) is 0. The van der Waals surface area contributed by atoms with Crippen molar-refractivity contribution in [1.82, 2.24) is 4.98 Å². The molecule has 0 saturated carbocycles. The van der Waals surface area contributed by atoms with E-state index < -0.39 is 0 Å². The summed E-state index contributed by atoms with van der Waals surface area (Å²) < 4.78 is 5.13. The zero-order valence-corrected chi connectivity index (χ0v) is 16.4. The molecule has 0 amide bonds. The van der Waals surface area contributed by atoms with Crippen LogP contribution in [0.15, 0.2) is 21.8 Å². The molecule has 2 rings (SSSR count). The Balaban J connectivity index is 0.00000264. The molecule has 23 heavy (non-hydrogen) atoms. The van der Waals surface area contributed by atoms with Gasteiger partial charge in [-0.3, -0.25) is 4.99 Å². The second-order valence-electron chi connectivity index (χ2n) is 5.57. The number of H-pyrrole nitrogens is 1. The molecule has 0 fully saturated rings. The van der Waals surface area contributed by atoms with Gasteiger partial charge in [-0.05, 0) is 63.8 Å². The van der Waals surface area contributed by atoms with E-state index in [0.717, 1.165) is 34.8 Å². The zero-order valence-electron chi connectivity index (χ0n) is 14.7. The molecule has 0 aliphatic carbocycles. The minimum Gasteiger partial charge on any atom is -0.462 e. The smallest absolute Gasteiger partial charge is 0.340 e. The molecular formula is C18H25BrN2O2. The van der Waals surface area contributed by atoms with E-state index >= 15 is 0 Å². The highest BCUT2D eigenvalue weighted by atomic mass is 79.9. The maximum atomic E-state index is 12.1. The van der Waals surface area contributed by atoms with E-state index in [4.69, 9.17) is 4.74 Å². The molecule has 4 nitrogen and oxygen atoms in total. The Kier molecular flexibility index (Phi) is 6.57. The Labute approximate surface area is 148 Å². The van der Waals surface area contributed by atoms with Gasteiger partial charge in [0.05, 0.1) is 17.9 Å². The fourth-order valence-electron chi connectivity index (χ4n) is 2.98. The number of aromatic nitrogens is 1. The lowest BCUT2D eigenvalue weighted by molar-refractivity contribution is 0.0525. The number of rotatable bonds is 4. The van der Waals surface area contributed by atoms with Gasteiger partial charge in [-0.15, -0.1) is 17.0 Å². The van der Waals surface area contributed by atoms with Crippen LogP contribution < -0.4 is 0 Å². The lowest BCUT2D eigenvalue weighted by atomic mass is 10.0. The van der Waals surface area contributed by atoms with Gasteiger partial charge < -0.3 is 9.72 Å². The Morgan fingerprint density at radius 1 is 1.22 bits per heavy atom. The topological polar surface area (TPSA) is 54.5 Å². The van der Waals surface area contributed by atoms with E-state index in [2.05, 4.69) is 23.8 Å². The molecule has 1 N–H and O–H groups in total. The van der Waals surface area contributed by atoms with Crippen LogP contribution in [-0.2, 0) is 4.74 Å². The number of ether oxygens (including phenoxy) is 1. The fourth-order valence-corrected chi connectivity index (χ4v) is 2.98. The predicted octanol–water partition coefficient (Wildman–Crippen LogP) is 4.93. The number of esters is 1. The van der Waals surface area contributed by atoms with Crippen LogP contribution in [0.4, 0.5) is 0 Å². The molecular weight excluding hydrogens is 356 g/mol. The molecule has 0 radical (unpaired) electrons. The number of aromatic amines is 1. The van der Waals surface area contributed by atoms with Gasteiger partial charge in [-0.25, -0.2) is 4.79 Å².